The van der Waals surface area contributed by atoms with E-state index in [0.717, 1.165) is 42.8 Å². The normalized spacial score (nSPS) is 16.6. The number of aryl methyl sites for hydroxylation is 1. The Labute approximate surface area is 125 Å². The van der Waals surface area contributed by atoms with Gasteiger partial charge in [0.05, 0.1) is 12.2 Å². The molecule has 1 aromatic rings. The second-order valence-electron chi connectivity index (χ2n) is 6.26. The Bertz CT molecular complexity index is 473. The van der Waals surface area contributed by atoms with Crippen LogP contribution in [0.5, 0.6) is 0 Å². The van der Waals surface area contributed by atoms with Gasteiger partial charge < -0.3 is 10.4 Å². The number of aliphatic hydroxyl groups is 1. The van der Waals surface area contributed by atoms with Crippen molar-refractivity contribution in [2.45, 2.75) is 58.2 Å². The molecule has 3 N–H and O–H groups in total. The highest BCUT2D eigenvalue weighted by Gasteiger charge is 2.19. The number of halogens is 1. The van der Waals surface area contributed by atoms with Gasteiger partial charge in [-0.05, 0) is 58.1 Å². The monoisotopic (exact) mass is 298 g/mol. The van der Waals surface area contributed by atoms with Gasteiger partial charge in [0.2, 0.25) is 5.28 Å². The van der Waals surface area contributed by atoms with Crippen LogP contribution < -0.4 is 10.6 Å². The number of nitrogens with zero attached hydrogens (tertiary/aromatic N) is 2. The topological polar surface area (TPSA) is 70.1 Å². The van der Waals surface area contributed by atoms with E-state index >= 15 is 0 Å². The first-order valence-electron chi connectivity index (χ1n) is 7.10. The lowest BCUT2D eigenvalue weighted by Crippen LogP contribution is -2.46. The zero-order chi connectivity index (χ0) is 14.8. The number of anilines is 1. The second kappa shape index (κ2) is 6.24. The number of aromatic nitrogens is 2. The molecule has 0 fully saturated rings. The van der Waals surface area contributed by atoms with Crippen molar-refractivity contribution in [1.82, 2.24) is 15.3 Å². The molecule has 0 saturated carbocycles. The molecule has 1 atom stereocenters. The molecule has 20 heavy (non-hydrogen) atoms. The summed E-state index contributed by atoms with van der Waals surface area (Å²) in [6.07, 6.45) is 3.58. The first-order chi connectivity index (χ1) is 9.35. The number of hydrogen-bond donors (Lipinski definition) is 3. The third-order valence-electron chi connectivity index (χ3n) is 3.22. The zero-order valence-corrected chi connectivity index (χ0v) is 13.1. The van der Waals surface area contributed by atoms with Crippen LogP contribution in [0.25, 0.3) is 0 Å². The van der Waals surface area contributed by atoms with Crippen molar-refractivity contribution in [1.29, 1.82) is 0 Å². The van der Waals surface area contributed by atoms with Crippen LogP contribution in [0.1, 0.15) is 44.9 Å². The van der Waals surface area contributed by atoms with E-state index in [0.29, 0.717) is 6.54 Å². The Morgan fingerprint density at radius 1 is 1.25 bits per heavy atom. The maximum atomic E-state index is 9.97. The summed E-state index contributed by atoms with van der Waals surface area (Å²) in [5, 5.41) is 16.5. The number of hydrogen-bond acceptors (Lipinski definition) is 5. The molecule has 112 valence electrons. The lowest BCUT2D eigenvalue weighted by Gasteiger charge is -2.26. The van der Waals surface area contributed by atoms with E-state index in [2.05, 4.69) is 20.6 Å². The van der Waals surface area contributed by atoms with Crippen molar-refractivity contribution in [3.63, 3.8) is 0 Å². The van der Waals surface area contributed by atoms with Crippen molar-refractivity contribution < 1.29 is 5.11 Å². The molecule has 1 unspecified atom stereocenters. The number of rotatable bonds is 4. The summed E-state index contributed by atoms with van der Waals surface area (Å²) in [5.41, 5.74) is 2.05. The number of aliphatic hydroxyl groups excluding tert-OH is 1. The van der Waals surface area contributed by atoms with Crippen LogP contribution >= 0.6 is 11.6 Å². The largest absolute Gasteiger partial charge is 0.377 e. The van der Waals surface area contributed by atoms with Gasteiger partial charge in [0.15, 0.2) is 0 Å². The summed E-state index contributed by atoms with van der Waals surface area (Å²) in [5.74, 6) is 0.759. The molecule has 0 aromatic carbocycles. The highest BCUT2D eigenvalue weighted by atomic mass is 35.5. The summed E-state index contributed by atoms with van der Waals surface area (Å²) in [6.45, 7) is 6.43. The van der Waals surface area contributed by atoms with E-state index in [-0.39, 0.29) is 10.8 Å². The van der Waals surface area contributed by atoms with Crippen LogP contribution in [-0.4, -0.2) is 33.4 Å². The number of nitrogens with one attached hydrogen (secondary N) is 2. The Morgan fingerprint density at radius 3 is 2.65 bits per heavy atom. The third kappa shape index (κ3) is 4.30. The Hall–Kier alpha value is -0.910. The van der Waals surface area contributed by atoms with Gasteiger partial charge in [-0.25, -0.2) is 9.97 Å². The first-order valence-corrected chi connectivity index (χ1v) is 7.48. The van der Waals surface area contributed by atoms with Crippen molar-refractivity contribution in [3.8, 4) is 0 Å². The fourth-order valence-corrected chi connectivity index (χ4v) is 2.64. The van der Waals surface area contributed by atoms with Gasteiger partial charge in [0, 0.05) is 11.1 Å². The molecule has 5 nitrogen and oxygen atoms in total. The first kappa shape index (κ1) is 15.5. The van der Waals surface area contributed by atoms with E-state index in [1.807, 2.05) is 20.8 Å². The van der Waals surface area contributed by atoms with Gasteiger partial charge in [-0.1, -0.05) is 0 Å². The van der Waals surface area contributed by atoms with E-state index < -0.39 is 6.23 Å². The standard InChI is InChI=1S/C14H23ClN4O/c1-14(2,3)19-11(20)8-16-12-9-6-4-5-7-10(9)17-13(15)18-12/h11,19-20H,4-8H2,1-3H3,(H,16,17,18). The summed E-state index contributed by atoms with van der Waals surface area (Å²) in [7, 11) is 0. The van der Waals surface area contributed by atoms with Crippen LogP contribution in [0, 0.1) is 0 Å². The average molecular weight is 299 g/mol. The van der Waals surface area contributed by atoms with Crippen molar-refractivity contribution >= 4 is 17.4 Å². The van der Waals surface area contributed by atoms with Crippen LogP contribution in [0.3, 0.4) is 0 Å². The van der Waals surface area contributed by atoms with E-state index in [1.54, 1.807) is 0 Å². The minimum Gasteiger partial charge on any atom is -0.377 e. The van der Waals surface area contributed by atoms with Crippen molar-refractivity contribution in [2.75, 3.05) is 11.9 Å². The predicted octanol–water partition coefficient (Wildman–Crippen LogP) is 2.13. The van der Waals surface area contributed by atoms with Crippen LogP contribution in [0.4, 0.5) is 5.82 Å². The van der Waals surface area contributed by atoms with Crippen molar-refractivity contribution in [3.05, 3.63) is 16.5 Å². The molecule has 0 radical (unpaired) electrons. The maximum absolute atomic E-state index is 9.97. The van der Waals surface area contributed by atoms with E-state index in [1.165, 1.54) is 0 Å². The minimum atomic E-state index is -0.636. The average Bonchev–Trinajstić information content (AvgIpc) is 2.33. The summed E-state index contributed by atoms with van der Waals surface area (Å²) in [6, 6.07) is 0. The zero-order valence-electron chi connectivity index (χ0n) is 12.3. The van der Waals surface area contributed by atoms with Gasteiger partial charge in [-0.3, -0.25) is 5.32 Å². The SMILES string of the molecule is CC(C)(C)NC(O)CNc1nc(Cl)nc2c1CCCC2. The molecule has 1 aliphatic carbocycles. The number of fused-ring (bicyclic) bond motifs is 1. The third-order valence-corrected chi connectivity index (χ3v) is 3.39. The predicted molar refractivity (Wildman–Crippen MR) is 81.1 cm³/mol. The van der Waals surface area contributed by atoms with E-state index in [4.69, 9.17) is 11.6 Å². The molecule has 1 aliphatic rings. The Kier molecular flexibility index (Phi) is 4.83. The Morgan fingerprint density at radius 2 is 1.95 bits per heavy atom. The lowest BCUT2D eigenvalue weighted by molar-refractivity contribution is 0.117. The fraction of sp³-hybridized carbons (Fsp3) is 0.714. The van der Waals surface area contributed by atoms with Gasteiger partial charge >= 0.3 is 0 Å². The van der Waals surface area contributed by atoms with Gasteiger partial charge in [0.25, 0.3) is 0 Å². The lowest BCUT2D eigenvalue weighted by atomic mass is 9.96. The van der Waals surface area contributed by atoms with Crippen LogP contribution in [-0.2, 0) is 12.8 Å². The van der Waals surface area contributed by atoms with Gasteiger partial charge in [0.1, 0.15) is 12.0 Å². The Balaban J connectivity index is 2.04. The van der Waals surface area contributed by atoms with Gasteiger partial charge in [-0.15, -0.1) is 0 Å². The van der Waals surface area contributed by atoms with E-state index in [9.17, 15) is 5.11 Å². The highest BCUT2D eigenvalue weighted by Crippen LogP contribution is 2.26. The second-order valence-corrected chi connectivity index (χ2v) is 6.60. The summed E-state index contributed by atoms with van der Waals surface area (Å²) in [4.78, 5) is 8.56. The van der Waals surface area contributed by atoms with Crippen LogP contribution in [0.15, 0.2) is 0 Å². The smallest absolute Gasteiger partial charge is 0.224 e. The van der Waals surface area contributed by atoms with Crippen molar-refractivity contribution in [2.24, 2.45) is 0 Å². The summed E-state index contributed by atoms with van der Waals surface area (Å²) >= 11 is 5.96. The molecule has 2 rings (SSSR count). The molecule has 0 saturated heterocycles. The minimum absolute atomic E-state index is 0.135. The molecule has 0 aliphatic heterocycles. The molecular formula is C14H23ClN4O. The molecule has 1 heterocycles. The maximum Gasteiger partial charge on any atom is 0.224 e. The molecular weight excluding hydrogens is 276 g/mol. The molecule has 0 amide bonds. The highest BCUT2D eigenvalue weighted by molar-refractivity contribution is 6.28. The molecule has 0 bridgehead atoms. The molecule has 0 spiro atoms. The molecule has 6 heteroatoms. The molecule has 1 aromatic heterocycles. The summed E-state index contributed by atoms with van der Waals surface area (Å²) < 4.78 is 0. The van der Waals surface area contributed by atoms with Gasteiger partial charge in [-0.2, -0.15) is 0 Å². The fourth-order valence-electron chi connectivity index (χ4n) is 2.45. The van der Waals surface area contributed by atoms with Crippen LogP contribution in [0.2, 0.25) is 5.28 Å². The quantitative estimate of drug-likeness (QED) is 0.587.